The van der Waals surface area contributed by atoms with Gasteiger partial charge in [0.05, 0.1) is 18.4 Å². The lowest BCUT2D eigenvalue weighted by atomic mass is 10.1. The molecule has 2 rings (SSSR count). The molecule has 1 heterocycles. The van der Waals surface area contributed by atoms with Gasteiger partial charge in [-0.2, -0.15) is 0 Å². The number of hydrogen-bond acceptors (Lipinski definition) is 4. The Labute approximate surface area is 119 Å². The van der Waals surface area contributed by atoms with Gasteiger partial charge < -0.3 is 10.1 Å². The topological polar surface area (TPSA) is 72.5 Å². The second-order valence-electron chi connectivity index (χ2n) is 5.00. The fourth-order valence-electron chi connectivity index (χ4n) is 2.20. The highest BCUT2D eigenvalue weighted by Gasteiger charge is 2.21. The molecule has 1 aliphatic rings. The molecule has 0 aliphatic carbocycles. The fraction of sp³-hybridized carbons (Fsp3) is 0.500. The van der Waals surface area contributed by atoms with Crippen LogP contribution in [0.3, 0.4) is 0 Å². The molecule has 5 nitrogen and oxygen atoms in total. The smallest absolute Gasteiger partial charge is 0.235 e. The molecule has 6 heteroatoms. The second-order valence-corrected chi connectivity index (χ2v) is 7.06. The first kappa shape index (κ1) is 15.0. The van der Waals surface area contributed by atoms with E-state index < -0.39 is 21.5 Å². The lowest BCUT2D eigenvalue weighted by molar-refractivity contribution is -0.120. The number of carbonyl (C=O) groups is 1. The van der Waals surface area contributed by atoms with Gasteiger partial charge in [-0.05, 0) is 18.4 Å². The lowest BCUT2D eigenvalue weighted by Gasteiger charge is -2.23. The standard InChI is InChI=1S/C14H19NO4S/c16-14(15-13-7-4-8-19-9-13)11-20(17,18)10-12-5-2-1-3-6-12/h1-3,5-6,13H,4,7-11H2,(H,15,16)/t13-/m0/s1. The summed E-state index contributed by atoms with van der Waals surface area (Å²) in [6, 6.07) is 8.80. The SMILES string of the molecule is O=C(CS(=O)(=O)Cc1ccccc1)N[C@H]1CCCOC1. The van der Waals surface area contributed by atoms with Crippen LogP contribution in [0, 0.1) is 0 Å². The molecule has 1 aromatic rings. The van der Waals surface area contributed by atoms with E-state index in [4.69, 9.17) is 4.74 Å². The van der Waals surface area contributed by atoms with E-state index in [-0.39, 0.29) is 11.8 Å². The van der Waals surface area contributed by atoms with Crippen molar-refractivity contribution in [3.8, 4) is 0 Å². The minimum absolute atomic E-state index is 0.0665. The molecule has 0 aromatic heterocycles. The predicted octanol–water partition coefficient (Wildman–Crippen LogP) is 0.897. The van der Waals surface area contributed by atoms with Crippen LogP contribution in [0.15, 0.2) is 30.3 Å². The zero-order valence-corrected chi connectivity index (χ0v) is 12.1. The van der Waals surface area contributed by atoms with E-state index >= 15 is 0 Å². The second kappa shape index (κ2) is 6.85. The van der Waals surface area contributed by atoms with Crippen molar-refractivity contribution in [1.82, 2.24) is 5.32 Å². The molecule has 20 heavy (non-hydrogen) atoms. The maximum absolute atomic E-state index is 12.0. The van der Waals surface area contributed by atoms with Crippen LogP contribution in [0.4, 0.5) is 0 Å². The van der Waals surface area contributed by atoms with Gasteiger partial charge in [0.15, 0.2) is 9.84 Å². The Kier molecular flexibility index (Phi) is 5.14. The van der Waals surface area contributed by atoms with E-state index in [1.54, 1.807) is 24.3 Å². The first-order valence-corrected chi connectivity index (χ1v) is 8.49. The zero-order valence-electron chi connectivity index (χ0n) is 11.2. The summed E-state index contributed by atoms with van der Waals surface area (Å²) in [6.07, 6.45) is 1.73. The van der Waals surface area contributed by atoms with Gasteiger partial charge in [0.1, 0.15) is 5.75 Å². The predicted molar refractivity (Wildman–Crippen MR) is 75.9 cm³/mol. The Morgan fingerprint density at radius 2 is 2.05 bits per heavy atom. The maximum atomic E-state index is 12.0. The molecule has 1 N–H and O–H groups in total. The molecule has 0 bridgehead atoms. The van der Waals surface area contributed by atoms with Crippen LogP contribution in [0.5, 0.6) is 0 Å². The molecule has 1 amide bonds. The third-order valence-electron chi connectivity index (χ3n) is 3.11. The number of carbonyl (C=O) groups excluding carboxylic acids is 1. The quantitative estimate of drug-likeness (QED) is 0.876. The molecule has 0 saturated carbocycles. The van der Waals surface area contributed by atoms with Crippen molar-refractivity contribution in [2.45, 2.75) is 24.6 Å². The molecule has 0 unspecified atom stereocenters. The molecule has 0 radical (unpaired) electrons. The summed E-state index contributed by atoms with van der Waals surface area (Å²) in [5, 5.41) is 2.72. The van der Waals surface area contributed by atoms with Crippen molar-refractivity contribution in [3.63, 3.8) is 0 Å². The summed E-state index contributed by atoms with van der Waals surface area (Å²) in [5.74, 6) is -1.03. The van der Waals surface area contributed by atoms with Crippen LogP contribution >= 0.6 is 0 Å². The van der Waals surface area contributed by atoms with Crippen LogP contribution in [-0.4, -0.2) is 39.3 Å². The molecule has 1 atom stereocenters. The van der Waals surface area contributed by atoms with Crippen molar-refractivity contribution < 1.29 is 17.9 Å². The van der Waals surface area contributed by atoms with E-state index in [0.717, 1.165) is 12.8 Å². The maximum Gasteiger partial charge on any atom is 0.235 e. The Morgan fingerprint density at radius 3 is 2.70 bits per heavy atom. The van der Waals surface area contributed by atoms with Gasteiger partial charge in [-0.1, -0.05) is 30.3 Å². The molecular weight excluding hydrogens is 278 g/mol. The minimum atomic E-state index is -3.44. The third kappa shape index (κ3) is 4.94. The van der Waals surface area contributed by atoms with E-state index in [9.17, 15) is 13.2 Å². The Morgan fingerprint density at radius 1 is 1.30 bits per heavy atom. The molecule has 1 aromatic carbocycles. The number of hydrogen-bond donors (Lipinski definition) is 1. The lowest BCUT2D eigenvalue weighted by Crippen LogP contribution is -2.43. The fourth-order valence-corrected chi connectivity index (χ4v) is 3.49. The number of ether oxygens (including phenoxy) is 1. The first-order valence-electron chi connectivity index (χ1n) is 6.67. The number of benzene rings is 1. The summed E-state index contributed by atoms with van der Waals surface area (Å²) in [4.78, 5) is 11.8. The van der Waals surface area contributed by atoms with E-state index in [0.29, 0.717) is 18.8 Å². The number of nitrogens with one attached hydrogen (secondary N) is 1. The summed E-state index contributed by atoms with van der Waals surface area (Å²) in [6.45, 7) is 1.17. The van der Waals surface area contributed by atoms with E-state index in [1.165, 1.54) is 0 Å². The highest BCUT2D eigenvalue weighted by Crippen LogP contribution is 2.08. The molecule has 0 spiro atoms. The molecule has 1 aliphatic heterocycles. The Hall–Kier alpha value is -1.40. The van der Waals surface area contributed by atoms with Gasteiger partial charge in [0, 0.05) is 6.61 Å². The zero-order chi connectivity index (χ0) is 14.4. The molecule has 110 valence electrons. The minimum Gasteiger partial charge on any atom is -0.379 e. The van der Waals surface area contributed by atoms with Crippen LogP contribution in [0.1, 0.15) is 18.4 Å². The average molecular weight is 297 g/mol. The molecule has 1 fully saturated rings. The summed E-state index contributed by atoms with van der Waals surface area (Å²) >= 11 is 0. The van der Waals surface area contributed by atoms with Crippen molar-refractivity contribution in [3.05, 3.63) is 35.9 Å². The Balaban J connectivity index is 1.86. The van der Waals surface area contributed by atoms with Crippen molar-refractivity contribution in [2.75, 3.05) is 19.0 Å². The van der Waals surface area contributed by atoms with E-state index in [2.05, 4.69) is 5.32 Å². The third-order valence-corrected chi connectivity index (χ3v) is 4.58. The highest BCUT2D eigenvalue weighted by molar-refractivity contribution is 7.91. The van der Waals surface area contributed by atoms with Crippen LogP contribution in [0.2, 0.25) is 0 Å². The summed E-state index contributed by atoms with van der Waals surface area (Å²) < 4.78 is 29.2. The van der Waals surface area contributed by atoms with Gasteiger partial charge in [0.2, 0.25) is 5.91 Å². The number of rotatable bonds is 5. The first-order chi connectivity index (χ1) is 9.55. The van der Waals surface area contributed by atoms with Crippen LogP contribution < -0.4 is 5.32 Å². The van der Waals surface area contributed by atoms with E-state index in [1.807, 2.05) is 6.07 Å². The van der Waals surface area contributed by atoms with Gasteiger partial charge in [-0.25, -0.2) is 8.42 Å². The molecule has 1 saturated heterocycles. The van der Waals surface area contributed by atoms with Crippen molar-refractivity contribution in [2.24, 2.45) is 0 Å². The van der Waals surface area contributed by atoms with Gasteiger partial charge in [-0.3, -0.25) is 4.79 Å². The number of sulfone groups is 1. The largest absolute Gasteiger partial charge is 0.379 e. The number of amides is 1. The summed E-state index contributed by atoms with van der Waals surface area (Å²) in [5.41, 5.74) is 0.696. The monoisotopic (exact) mass is 297 g/mol. The van der Waals surface area contributed by atoms with Crippen molar-refractivity contribution in [1.29, 1.82) is 0 Å². The summed E-state index contributed by atoms with van der Waals surface area (Å²) in [7, 11) is -3.44. The van der Waals surface area contributed by atoms with Gasteiger partial charge in [-0.15, -0.1) is 0 Å². The van der Waals surface area contributed by atoms with Gasteiger partial charge in [0.25, 0.3) is 0 Å². The van der Waals surface area contributed by atoms with Crippen LogP contribution in [-0.2, 0) is 25.1 Å². The highest BCUT2D eigenvalue weighted by atomic mass is 32.2. The molecular formula is C14H19NO4S. The Bertz CT molecular complexity index is 536. The van der Waals surface area contributed by atoms with Gasteiger partial charge >= 0.3 is 0 Å². The normalized spacial score (nSPS) is 19.5. The average Bonchev–Trinajstić information content (AvgIpc) is 2.39. The van der Waals surface area contributed by atoms with Crippen molar-refractivity contribution >= 4 is 15.7 Å². The van der Waals surface area contributed by atoms with Crippen LogP contribution in [0.25, 0.3) is 0 Å².